The molecule has 0 saturated heterocycles. The molecule has 0 aromatic heterocycles. The van der Waals surface area contributed by atoms with Crippen LogP contribution in [0.1, 0.15) is 22.3 Å². The van der Waals surface area contributed by atoms with Crippen molar-refractivity contribution in [3.8, 4) is 11.1 Å². The molecule has 49 heavy (non-hydrogen) atoms. The molecule has 2 heteroatoms. The lowest BCUT2D eigenvalue weighted by molar-refractivity contribution is 0.775. The molecule has 0 unspecified atom stereocenters. The second-order valence-corrected chi connectivity index (χ2v) is 13.0. The van der Waals surface area contributed by atoms with Crippen LogP contribution in [0.15, 0.2) is 182 Å². The van der Waals surface area contributed by atoms with Crippen molar-refractivity contribution in [2.75, 3.05) is 23.9 Å². The van der Waals surface area contributed by atoms with E-state index in [1.54, 1.807) is 0 Å². The van der Waals surface area contributed by atoms with E-state index in [9.17, 15) is 0 Å². The van der Waals surface area contributed by atoms with Gasteiger partial charge in [0.1, 0.15) is 0 Å². The van der Waals surface area contributed by atoms with Crippen molar-refractivity contribution >= 4 is 44.3 Å². The van der Waals surface area contributed by atoms with Crippen LogP contribution in [0.25, 0.3) is 32.7 Å². The van der Waals surface area contributed by atoms with Crippen LogP contribution in [0.5, 0.6) is 0 Å². The van der Waals surface area contributed by atoms with Gasteiger partial charge in [0.05, 0.1) is 5.41 Å². The van der Waals surface area contributed by atoms with Crippen molar-refractivity contribution in [1.29, 1.82) is 0 Å². The van der Waals surface area contributed by atoms with Crippen molar-refractivity contribution in [3.05, 3.63) is 204 Å². The predicted molar refractivity (Wildman–Crippen MR) is 208 cm³/mol. The topological polar surface area (TPSA) is 6.48 Å². The van der Waals surface area contributed by atoms with E-state index >= 15 is 0 Å². The molecule has 2 nitrogen and oxygen atoms in total. The number of para-hydroxylation sites is 2. The molecule has 0 N–H and O–H groups in total. The Morgan fingerprint density at radius 2 is 0.837 bits per heavy atom. The second-order valence-electron chi connectivity index (χ2n) is 13.0. The standard InChI is InChI=1S/C47H36N2/c1-48(35-21-11-5-12-22-35)37-27-29-41-43(31-37)39-25-15-16-26-40(39)45-42-30-28-38(49(2)36-23-13-6-14-24-36)32-44(42)47(46(41)45,33-17-7-3-8-18-33)34-19-9-4-10-20-34/h3-32H,1-2H3. The van der Waals surface area contributed by atoms with E-state index in [1.807, 2.05) is 0 Å². The zero-order valence-electron chi connectivity index (χ0n) is 27.7. The zero-order chi connectivity index (χ0) is 33.0. The Hall–Kier alpha value is -6.12. The van der Waals surface area contributed by atoms with Gasteiger partial charge >= 0.3 is 0 Å². The lowest BCUT2D eigenvalue weighted by Gasteiger charge is -2.35. The van der Waals surface area contributed by atoms with E-state index in [0.717, 1.165) is 22.7 Å². The van der Waals surface area contributed by atoms with Gasteiger partial charge in [0.15, 0.2) is 0 Å². The minimum Gasteiger partial charge on any atom is -0.345 e. The van der Waals surface area contributed by atoms with Gasteiger partial charge in [-0.3, -0.25) is 0 Å². The average molecular weight is 629 g/mol. The highest BCUT2D eigenvalue weighted by atomic mass is 15.1. The maximum atomic E-state index is 2.44. The van der Waals surface area contributed by atoms with Gasteiger partial charge < -0.3 is 9.80 Å². The Bertz CT molecular complexity index is 2410. The number of anilines is 4. The van der Waals surface area contributed by atoms with Crippen molar-refractivity contribution in [3.63, 3.8) is 0 Å². The van der Waals surface area contributed by atoms with Crippen LogP contribution in [0, 0.1) is 0 Å². The van der Waals surface area contributed by atoms with E-state index in [4.69, 9.17) is 0 Å². The fourth-order valence-electron chi connectivity index (χ4n) is 8.20. The predicted octanol–water partition coefficient (Wildman–Crippen LogP) is 11.9. The van der Waals surface area contributed by atoms with Gasteiger partial charge in [0, 0.05) is 36.8 Å². The van der Waals surface area contributed by atoms with Crippen molar-refractivity contribution in [1.82, 2.24) is 0 Å². The number of fused-ring (bicyclic) bond motifs is 8. The van der Waals surface area contributed by atoms with Crippen LogP contribution < -0.4 is 9.80 Å². The molecule has 0 fully saturated rings. The Morgan fingerprint density at radius 3 is 1.41 bits per heavy atom. The summed E-state index contributed by atoms with van der Waals surface area (Å²) in [6, 6.07) is 66.7. The number of nitrogens with zero attached hydrogens (tertiary/aromatic N) is 2. The molecule has 0 radical (unpaired) electrons. The zero-order valence-corrected chi connectivity index (χ0v) is 27.7. The Kier molecular flexibility index (Phi) is 6.84. The summed E-state index contributed by atoms with van der Waals surface area (Å²) >= 11 is 0. The summed E-state index contributed by atoms with van der Waals surface area (Å²) in [5.74, 6) is 0. The van der Waals surface area contributed by atoms with Crippen LogP contribution in [-0.4, -0.2) is 14.1 Å². The van der Waals surface area contributed by atoms with Gasteiger partial charge in [-0.05, 0) is 103 Å². The van der Waals surface area contributed by atoms with Crippen LogP contribution in [0.4, 0.5) is 22.7 Å². The molecular formula is C47H36N2. The fraction of sp³-hybridized carbons (Fsp3) is 0.0638. The normalized spacial score (nSPS) is 12.9. The van der Waals surface area contributed by atoms with E-state index in [2.05, 4.69) is 206 Å². The minimum atomic E-state index is -0.546. The molecule has 0 bridgehead atoms. The molecule has 234 valence electrons. The summed E-state index contributed by atoms with van der Waals surface area (Å²) in [6.07, 6.45) is 0. The molecule has 9 rings (SSSR count). The minimum absolute atomic E-state index is 0.546. The third-order valence-electron chi connectivity index (χ3n) is 10.5. The molecule has 8 aromatic carbocycles. The molecule has 0 atom stereocenters. The quantitative estimate of drug-likeness (QED) is 0.169. The SMILES string of the molecule is CN(c1ccccc1)c1ccc2c(c1)C(c1ccccc1)(c1ccccc1)c1c-2c2ccccc2c2cc(N(C)c3ccccc3)ccc12. The molecule has 1 aliphatic carbocycles. The summed E-state index contributed by atoms with van der Waals surface area (Å²) < 4.78 is 0. The maximum Gasteiger partial charge on any atom is 0.0720 e. The first-order valence-electron chi connectivity index (χ1n) is 17.0. The molecule has 0 saturated carbocycles. The Morgan fingerprint density at radius 1 is 0.367 bits per heavy atom. The monoisotopic (exact) mass is 628 g/mol. The highest BCUT2D eigenvalue weighted by Crippen LogP contribution is 2.61. The smallest absolute Gasteiger partial charge is 0.0720 e. The maximum absolute atomic E-state index is 2.44. The number of benzene rings is 8. The van der Waals surface area contributed by atoms with Gasteiger partial charge in [-0.15, -0.1) is 0 Å². The van der Waals surface area contributed by atoms with Gasteiger partial charge in [-0.2, -0.15) is 0 Å². The molecule has 8 aromatic rings. The van der Waals surface area contributed by atoms with Crippen LogP contribution >= 0.6 is 0 Å². The Balaban J connectivity index is 1.42. The third kappa shape index (κ3) is 4.41. The highest BCUT2D eigenvalue weighted by molar-refractivity contribution is 6.20. The summed E-state index contributed by atoms with van der Waals surface area (Å²) in [5, 5.41) is 5.10. The van der Waals surface area contributed by atoms with Crippen LogP contribution in [0.3, 0.4) is 0 Å². The largest absolute Gasteiger partial charge is 0.345 e. The van der Waals surface area contributed by atoms with Gasteiger partial charge in [-0.25, -0.2) is 0 Å². The lowest BCUT2D eigenvalue weighted by atomic mass is 9.66. The fourth-order valence-corrected chi connectivity index (χ4v) is 8.20. The number of hydrogen-bond donors (Lipinski definition) is 0. The first kappa shape index (κ1) is 29.1. The molecule has 0 aliphatic heterocycles. The number of hydrogen-bond acceptors (Lipinski definition) is 2. The molecular weight excluding hydrogens is 593 g/mol. The number of rotatable bonds is 6. The summed E-state index contributed by atoms with van der Waals surface area (Å²) in [5.41, 5.74) is 11.9. The van der Waals surface area contributed by atoms with Gasteiger partial charge in [-0.1, -0.05) is 133 Å². The summed E-state index contributed by atoms with van der Waals surface area (Å²) in [4.78, 5) is 4.58. The van der Waals surface area contributed by atoms with E-state index in [-0.39, 0.29) is 0 Å². The summed E-state index contributed by atoms with van der Waals surface area (Å²) in [7, 11) is 4.33. The molecule has 1 aliphatic rings. The highest BCUT2D eigenvalue weighted by Gasteiger charge is 2.48. The molecule has 0 amide bonds. The van der Waals surface area contributed by atoms with Crippen molar-refractivity contribution in [2.45, 2.75) is 5.41 Å². The van der Waals surface area contributed by atoms with E-state index < -0.39 is 5.41 Å². The van der Waals surface area contributed by atoms with Crippen molar-refractivity contribution in [2.24, 2.45) is 0 Å². The Labute approximate surface area is 288 Å². The van der Waals surface area contributed by atoms with E-state index in [0.29, 0.717) is 0 Å². The van der Waals surface area contributed by atoms with E-state index in [1.165, 1.54) is 54.9 Å². The van der Waals surface area contributed by atoms with Crippen LogP contribution in [-0.2, 0) is 5.41 Å². The van der Waals surface area contributed by atoms with Crippen molar-refractivity contribution < 1.29 is 0 Å². The van der Waals surface area contributed by atoms with Crippen LogP contribution in [0.2, 0.25) is 0 Å². The average Bonchev–Trinajstić information content (AvgIpc) is 3.50. The van der Waals surface area contributed by atoms with Gasteiger partial charge in [0.25, 0.3) is 0 Å². The summed E-state index contributed by atoms with van der Waals surface area (Å²) in [6.45, 7) is 0. The molecule has 0 spiro atoms. The third-order valence-corrected chi connectivity index (χ3v) is 10.5. The molecule has 0 heterocycles. The first-order valence-corrected chi connectivity index (χ1v) is 17.0. The van der Waals surface area contributed by atoms with Gasteiger partial charge in [0.2, 0.25) is 0 Å². The first-order chi connectivity index (χ1) is 24.2. The second kappa shape index (κ2) is 11.5. The lowest BCUT2D eigenvalue weighted by Crippen LogP contribution is -2.29.